The second-order valence-corrected chi connectivity index (χ2v) is 5.09. The van der Waals surface area contributed by atoms with Gasteiger partial charge in [-0.3, -0.25) is 0 Å². The topological polar surface area (TPSA) is 24.5 Å². The third-order valence-electron chi connectivity index (χ3n) is 3.42. The van der Waals surface area contributed by atoms with Crippen LogP contribution in [-0.4, -0.2) is 38.7 Å². The Labute approximate surface area is 110 Å². The maximum Gasteiger partial charge on any atom is 0.122 e. The van der Waals surface area contributed by atoms with Crippen LogP contribution in [0.4, 0.5) is 0 Å². The maximum absolute atomic E-state index is 5.53. The summed E-state index contributed by atoms with van der Waals surface area (Å²) in [5.74, 6) is 1.08. The molecule has 1 aromatic rings. The molecule has 1 aliphatic heterocycles. The summed E-state index contributed by atoms with van der Waals surface area (Å²) in [6.07, 6.45) is 3.57. The van der Waals surface area contributed by atoms with E-state index < -0.39 is 0 Å². The van der Waals surface area contributed by atoms with Gasteiger partial charge in [-0.15, -0.1) is 0 Å². The summed E-state index contributed by atoms with van der Waals surface area (Å²) in [4.78, 5) is 2.40. The van der Waals surface area contributed by atoms with Crippen LogP contribution in [0.15, 0.2) is 18.2 Å². The smallest absolute Gasteiger partial charge is 0.122 e. The van der Waals surface area contributed by atoms with E-state index in [0.29, 0.717) is 0 Å². The number of fused-ring (bicyclic) bond motifs is 1. The number of hydrogen-bond acceptors (Lipinski definition) is 3. The largest absolute Gasteiger partial charge is 0.493 e. The Kier molecular flexibility index (Phi) is 5.02. The number of hydrogen-bond donors (Lipinski definition) is 1. The molecule has 0 spiro atoms. The molecule has 0 fully saturated rings. The van der Waals surface area contributed by atoms with Crippen LogP contribution in [0.5, 0.6) is 5.75 Å². The number of nitrogens with zero attached hydrogens (tertiary/aromatic N) is 1. The molecule has 1 heterocycles. The zero-order chi connectivity index (χ0) is 12.8. The first-order chi connectivity index (χ1) is 8.79. The first-order valence-electron chi connectivity index (χ1n) is 6.87. The van der Waals surface area contributed by atoms with E-state index in [9.17, 15) is 0 Å². The van der Waals surface area contributed by atoms with Gasteiger partial charge in [0.2, 0.25) is 0 Å². The van der Waals surface area contributed by atoms with Gasteiger partial charge in [-0.2, -0.15) is 0 Å². The minimum Gasteiger partial charge on any atom is -0.493 e. The molecule has 100 valence electrons. The van der Waals surface area contributed by atoms with Crippen molar-refractivity contribution in [3.8, 4) is 5.75 Å². The summed E-state index contributed by atoms with van der Waals surface area (Å²) in [6.45, 7) is 4.16. The minimum absolute atomic E-state index is 0.846. The summed E-state index contributed by atoms with van der Waals surface area (Å²) < 4.78 is 5.53. The first-order valence-corrected chi connectivity index (χ1v) is 6.87. The van der Waals surface area contributed by atoms with Crippen molar-refractivity contribution in [3.63, 3.8) is 0 Å². The average Bonchev–Trinajstić information content (AvgIpc) is 2.82. The summed E-state index contributed by atoms with van der Waals surface area (Å²) in [5.41, 5.74) is 2.77. The van der Waals surface area contributed by atoms with Gasteiger partial charge in [-0.1, -0.05) is 12.1 Å². The molecule has 0 aromatic heterocycles. The van der Waals surface area contributed by atoms with Crippen molar-refractivity contribution in [3.05, 3.63) is 29.3 Å². The quantitative estimate of drug-likeness (QED) is 0.748. The van der Waals surface area contributed by atoms with E-state index in [2.05, 4.69) is 35.5 Å². The summed E-state index contributed by atoms with van der Waals surface area (Å²) in [7, 11) is 4.21. The Morgan fingerprint density at radius 2 is 2.22 bits per heavy atom. The maximum atomic E-state index is 5.53. The van der Waals surface area contributed by atoms with Crippen LogP contribution in [0.2, 0.25) is 0 Å². The van der Waals surface area contributed by atoms with Crippen LogP contribution in [-0.2, 0) is 13.0 Å². The van der Waals surface area contributed by atoms with Gasteiger partial charge in [0, 0.05) is 13.0 Å². The second kappa shape index (κ2) is 6.76. The minimum atomic E-state index is 0.846. The van der Waals surface area contributed by atoms with Crippen molar-refractivity contribution in [1.82, 2.24) is 10.2 Å². The molecular formula is C15H24N2O. The van der Waals surface area contributed by atoms with Crippen molar-refractivity contribution < 1.29 is 4.74 Å². The normalized spacial score (nSPS) is 13.7. The second-order valence-electron chi connectivity index (χ2n) is 5.09. The lowest BCUT2D eigenvalue weighted by molar-refractivity contribution is 0.318. The fraction of sp³-hybridized carbons (Fsp3) is 0.600. The molecule has 0 saturated carbocycles. The monoisotopic (exact) mass is 248 g/mol. The summed E-state index contributed by atoms with van der Waals surface area (Å²) in [5, 5.41) is 3.19. The first kappa shape index (κ1) is 13.4. The van der Waals surface area contributed by atoms with E-state index >= 15 is 0 Å². The van der Waals surface area contributed by atoms with E-state index in [0.717, 1.165) is 38.4 Å². The highest BCUT2D eigenvalue weighted by Gasteiger charge is 2.12. The molecule has 0 aliphatic carbocycles. The Morgan fingerprint density at radius 1 is 1.33 bits per heavy atom. The van der Waals surface area contributed by atoms with Gasteiger partial charge in [0.1, 0.15) is 5.75 Å². The van der Waals surface area contributed by atoms with Gasteiger partial charge < -0.3 is 15.0 Å². The molecule has 3 heteroatoms. The SMILES string of the molecule is CNCCCCN(C)Cc1ccc2c(c1)CCO2. The fourth-order valence-corrected chi connectivity index (χ4v) is 2.41. The van der Waals surface area contributed by atoms with Crippen molar-refractivity contribution in [2.24, 2.45) is 0 Å². The lowest BCUT2D eigenvalue weighted by Crippen LogP contribution is -2.20. The Balaban J connectivity index is 1.78. The van der Waals surface area contributed by atoms with Crippen LogP contribution >= 0.6 is 0 Å². The summed E-state index contributed by atoms with van der Waals surface area (Å²) >= 11 is 0. The van der Waals surface area contributed by atoms with Crippen molar-refractivity contribution in [1.29, 1.82) is 0 Å². The van der Waals surface area contributed by atoms with Crippen molar-refractivity contribution in [2.45, 2.75) is 25.8 Å². The highest BCUT2D eigenvalue weighted by atomic mass is 16.5. The number of ether oxygens (including phenoxy) is 1. The predicted molar refractivity (Wildman–Crippen MR) is 75.1 cm³/mol. The van der Waals surface area contributed by atoms with E-state index in [4.69, 9.17) is 4.74 Å². The summed E-state index contributed by atoms with van der Waals surface area (Å²) in [6, 6.07) is 6.60. The van der Waals surface area contributed by atoms with Crippen LogP contribution in [0.1, 0.15) is 24.0 Å². The third-order valence-corrected chi connectivity index (χ3v) is 3.42. The lowest BCUT2D eigenvalue weighted by atomic mass is 10.1. The molecular weight excluding hydrogens is 224 g/mol. The fourth-order valence-electron chi connectivity index (χ4n) is 2.41. The van der Waals surface area contributed by atoms with Gasteiger partial charge in [-0.25, -0.2) is 0 Å². The number of benzene rings is 1. The zero-order valence-electron chi connectivity index (χ0n) is 11.5. The standard InChI is InChI=1S/C15H24N2O/c1-16-8-3-4-9-17(2)12-13-5-6-15-14(11-13)7-10-18-15/h5-6,11,16H,3-4,7-10,12H2,1-2H3. The molecule has 0 amide bonds. The molecule has 0 saturated heterocycles. The molecule has 18 heavy (non-hydrogen) atoms. The van der Waals surface area contributed by atoms with E-state index in [1.807, 2.05) is 7.05 Å². The zero-order valence-corrected chi connectivity index (χ0v) is 11.5. The van der Waals surface area contributed by atoms with Gasteiger partial charge >= 0.3 is 0 Å². The average molecular weight is 248 g/mol. The molecule has 1 aliphatic rings. The van der Waals surface area contributed by atoms with Gasteiger partial charge in [0.25, 0.3) is 0 Å². The highest BCUT2D eigenvalue weighted by Crippen LogP contribution is 2.26. The molecule has 0 bridgehead atoms. The van der Waals surface area contributed by atoms with E-state index in [1.165, 1.54) is 24.0 Å². The highest BCUT2D eigenvalue weighted by molar-refractivity contribution is 5.39. The van der Waals surface area contributed by atoms with E-state index in [-0.39, 0.29) is 0 Å². The number of rotatable bonds is 7. The lowest BCUT2D eigenvalue weighted by Gasteiger charge is -2.17. The van der Waals surface area contributed by atoms with Crippen LogP contribution in [0.25, 0.3) is 0 Å². The molecule has 2 rings (SSSR count). The predicted octanol–water partition coefficient (Wildman–Crippen LogP) is 2.05. The Bertz CT molecular complexity index is 379. The molecule has 0 radical (unpaired) electrons. The van der Waals surface area contributed by atoms with E-state index in [1.54, 1.807) is 0 Å². The number of nitrogens with one attached hydrogen (secondary N) is 1. The molecule has 1 aromatic carbocycles. The molecule has 0 atom stereocenters. The van der Waals surface area contributed by atoms with Gasteiger partial charge in [0.15, 0.2) is 0 Å². The van der Waals surface area contributed by atoms with Crippen LogP contribution in [0, 0.1) is 0 Å². The van der Waals surface area contributed by atoms with Crippen molar-refractivity contribution in [2.75, 3.05) is 33.8 Å². The Morgan fingerprint density at radius 3 is 3.06 bits per heavy atom. The number of unbranched alkanes of at least 4 members (excludes halogenated alkanes) is 1. The van der Waals surface area contributed by atoms with Crippen molar-refractivity contribution >= 4 is 0 Å². The van der Waals surface area contributed by atoms with Crippen LogP contribution in [0.3, 0.4) is 0 Å². The molecule has 3 nitrogen and oxygen atoms in total. The molecule has 0 unspecified atom stereocenters. The third kappa shape index (κ3) is 3.72. The molecule has 1 N–H and O–H groups in total. The van der Waals surface area contributed by atoms with Gasteiger partial charge in [0.05, 0.1) is 6.61 Å². The van der Waals surface area contributed by atoms with Gasteiger partial charge in [-0.05, 0) is 57.2 Å². The Hall–Kier alpha value is -1.06. The van der Waals surface area contributed by atoms with Crippen LogP contribution < -0.4 is 10.1 Å².